The Labute approximate surface area is 114 Å². The molecule has 1 aliphatic heterocycles. The molecule has 0 bridgehead atoms. The van der Waals surface area contributed by atoms with E-state index in [0.29, 0.717) is 13.2 Å². The summed E-state index contributed by atoms with van der Waals surface area (Å²) in [7, 11) is 0. The second-order valence-electron chi connectivity index (χ2n) is 3.90. The molecular formula is C14H12N2O2S. The molecule has 1 aliphatic rings. The monoisotopic (exact) mass is 272 g/mol. The Bertz CT molecular complexity index is 614. The normalized spacial score (nSPS) is 12.6. The summed E-state index contributed by atoms with van der Waals surface area (Å²) in [5.74, 6) is 1.71. The molecule has 0 aliphatic carbocycles. The van der Waals surface area contributed by atoms with Gasteiger partial charge in [0, 0.05) is 0 Å². The van der Waals surface area contributed by atoms with Crippen LogP contribution in [0.25, 0.3) is 11.0 Å². The van der Waals surface area contributed by atoms with Gasteiger partial charge in [0.05, 0.1) is 11.7 Å². The average molecular weight is 272 g/mol. The van der Waals surface area contributed by atoms with E-state index in [2.05, 4.69) is 8.75 Å². The molecule has 2 heterocycles. The maximum Gasteiger partial charge on any atom is 0.161 e. The molecule has 3 aromatic rings. The largest absolute Gasteiger partial charge is 0.486 e. The van der Waals surface area contributed by atoms with E-state index in [1.165, 1.54) is 11.7 Å². The molecule has 0 atom stereocenters. The molecule has 0 saturated carbocycles. The second kappa shape index (κ2) is 5.67. The van der Waals surface area contributed by atoms with E-state index in [1.54, 1.807) is 0 Å². The van der Waals surface area contributed by atoms with Crippen molar-refractivity contribution in [3.63, 3.8) is 0 Å². The fraction of sp³-hybridized carbons (Fsp3) is 0.143. The third-order valence-corrected chi connectivity index (χ3v) is 3.16. The van der Waals surface area contributed by atoms with Gasteiger partial charge in [-0.1, -0.05) is 24.3 Å². The van der Waals surface area contributed by atoms with Gasteiger partial charge in [-0.05, 0) is 24.3 Å². The van der Waals surface area contributed by atoms with Gasteiger partial charge in [-0.3, -0.25) is 0 Å². The van der Waals surface area contributed by atoms with Crippen LogP contribution in [0.3, 0.4) is 0 Å². The lowest BCUT2D eigenvalue weighted by Crippen LogP contribution is -2.14. The Morgan fingerprint density at radius 3 is 1.74 bits per heavy atom. The molecule has 0 radical (unpaired) electrons. The minimum atomic E-state index is 0.664. The number of nitrogens with zero attached hydrogens (tertiary/aromatic N) is 2. The average Bonchev–Trinajstić information content (AvgIpc) is 2.96. The summed E-state index contributed by atoms with van der Waals surface area (Å²) in [6.45, 7) is 1.33. The Morgan fingerprint density at radius 1 is 0.737 bits per heavy atom. The van der Waals surface area contributed by atoms with Gasteiger partial charge in [0.25, 0.3) is 0 Å². The number of aromatic nitrogens is 2. The SMILES string of the molecule is c1ccc2c(c1)OCCO2.c1ccc2nsnc2c1. The molecule has 0 N–H and O–H groups in total. The molecule has 0 unspecified atom stereocenters. The highest BCUT2D eigenvalue weighted by Crippen LogP contribution is 2.28. The molecule has 19 heavy (non-hydrogen) atoms. The van der Waals surface area contributed by atoms with E-state index in [9.17, 15) is 0 Å². The van der Waals surface area contributed by atoms with Gasteiger partial charge in [0.2, 0.25) is 0 Å². The van der Waals surface area contributed by atoms with E-state index >= 15 is 0 Å². The maximum absolute atomic E-state index is 5.30. The molecular weight excluding hydrogens is 260 g/mol. The first-order valence-corrected chi connectivity index (χ1v) is 6.68. The zero-order valence-corrected chi connectivity index (χ0v) is 11.0. The van der Waals surface area contributed by atoms with E-state index < -0.39 is 0 Å². The minimum Gasteiger partial charge on any atom is -0.486 e. The first-order valence-electron chi connectivity index (χ1n) is 5.95. The first kappa shape index (κ1) is 11.9. The smallest absolute Gasteiger partial charge is 0.161 e. The van der Waals surface area contributed by atoms with Crippen molar-refractivity contribution in [1.29, 1.82) is 0 Å². The second-order valence-corrected chi connectivity index (χ2v) is 4.43. The van der Waals surface area contributed by atoms with Crippen molar-refractivity contribution in [1.82, 2.24) is 8.75 Å². The Morgan fingerprint density at radius 2 is 1.21 bits per heavy atom. The van der Waals surface area contributed by atoms with Gasteiger partial charge in [-0.25, -0.2) is 0 Å². The van der Waals surface area contributed by atoms with Gasteiger partial charge in [0.15, 0.2) is 11.5 Å². The van der Waals surface area contributed by atoms with Crippen LogP contribution in [0.15, 0.2) is 48.5 Å². The fourth-order valence-electron chi connectivity index (χ4n) is 1.72. The van der Waals surface area contributed by atoms with Crippen LogP contribution < -0.4 is 9.47 Å². The Balaban J connectivity index is 0.000000117. The molecule has 4 nitrogen and oxygen atoms in total. The zero-order valence-electron chi connectivity index (χ0n) is 10.2. The van der Waals surface area contributed by atoms with Gasteiger partial charge in [0.1, 0.15) is 24.2 Å². The third kappa shape index (κ3) is 2.82. The predicted molar refractivity (Wildman–Crippen MR) is 74.8 cm³/mol. The number of rotatable bonds is 0. The summed E-state index contributed by atoms with van der Waals surface area (Å²) in [5, 5.41) is 0. The van der Waals surface area contributed by atoms with Crippen LogP contribution in [0.5, 0.6) is 11.5 Å². The van der Waals surface area contributed by atoms with Crippen LogP contribution >= 0.6 is 11.7 Å². The molecule has 96 valence electrons. The van der Waals surface area contributed by atoms with Crippen LogP contribution in [0.2, 0.25) is 0 Å². The Kier molecular flexibility index (Phi) is 3.56. The number of ether oxygens (including phenoxy) is 2. The van der Waals surface area contributed by atoms with E-state index in [4.69, 9.17) is 9.47 Å². The number of para-hydroxylation sites is 2. The number of benzene rings is 2. The highest BCUT2D eigenvalue weighted by atomic mass is 32.1. The van der Waals surface area contributed by atoms with Crippen LogP contribution in [0.4, 0.5) is 0 Å². The van der Waals surface area contributed by atoms with E-state index in [0.717, 1.165) is 22.5 Å². The summed E-state index contributed by atoms with van der Waals surface area (Å²) in [5.41, 5.74) is 1.98. The van der Waals surface area contributed by atoms with Gasteiger partial charge >= 0.3 is 0 Å². The van der Waals surface area contributed by atoms with Crippen molar-refractivity contribution in [3.05, 3.63) is 48.5 Å². The van der Waals surface area contributed by atoms with Crippen molar-refractivity contribution in [2.75, 3.05) is 13.2 Å². The van der Waals surface area contributed by atoms with Crippen LogP contribution in [0, 0.1) is 0 Å². The predicted octanol–water partition coefficient (Wildman–Crippen LogP) is 3.15. The number of hydrogen-bond acceptors (Lipinski definition) is 5. The van der Waals surface area contributed by atoms with Gasteiger partial charge in [-0.2, -0.15) is 8.75 Å². The molecule has 0 fully saturated rings. The highest BCUT2D eigenvalue weighted by molar-refractivity contribution is 7.00. The van der Waals surface area contributed by atoms with Crippen molar-refractivity contribution < 1.29 is 9.47 Å². The molecule has 5 heteroatoms. The lowest BCUT2D eigenvalue weighted by atomic mass is 10.3. The molecule has 4 rings (SSSR count). The third-order valence-electron chi connectivity index (χ3n) is 2.61. The summed E-state index contributed by atoms with van der Waals surface area (Å²) >= 11 is 1.25. The summed E-state index contributed by atoms with van der Waals surface area (Å²) in [6.07, 6.45) is 0. The molecule has 2 aromatic carbocycles. The van der Waals surface area contributed by atoms with Crippen molar-refractivity contribution in [3.8, 4) is 11.5 Å². The van der Waals surface area contributed by atoms with Crippen molar-refractivity contribution in [2.45, 2.75) is 0 Å². The molecule has 0 amide bonds. The Hall–Kier alpha value is -2.14. The molecule has 1 aromatic heterocycles. The van der Waals surface area contributed by atoms with Crippen LogP contribution in [-0.2, 0) is 0 Å². The zero-order chi connectivity index (χ0) is 12.9. The van der Waals surface area contributed by atoms with Crippen LogP contribution in [-0.4, -0.2) is 22.0 Å². The van der Waals surface area contributed by atoms with Crippen molar-refractivity contribution >= 4 is 22.8 Å². The number of fused-ring (bicyclic) bond motifs is 2. The highest BCUT2D eigenvalue weighted by Gasteiger charge is 2.07. The topological polar surface area (TPSA) is 44.2 Å². The molecule has 0 spiro atoms. The van der Waals surface area contributed by atoms with E-state index in [1.807, 2.05) is 48.5 Å². The fourth-order valence-corrected chi connectivity index (χ4v) is 2.24. The van der Waals surface area contributed by atoms with E-state index in [-0.39, 0.29) is 0 Å². The lowest BCUT2D eigenvalue weighted by molar-refractivity contribution is 0.171. The van der Waals surface area contributed by atoms with Gasteiger partial charge in [-0.15, -0.1) is 0 Å². The van der Waals surface area contributed by atoms with Crippen LogP contribution in [0.1, 0.15) is 0 Å². The summed E-state index contributed by atoms with van der Waals surface area (Å²) < 4.78 is 18.7. The number of hydrogen-bond donors (Lipinski definition) is 0. The molecule has 0 saturated heterocycles. The maximum atomic E-state index is 5.30. The quantitative estimate of drug-likeness (QED) is 0.630. The lowest BCUT2D eigenvalue weighted by Gasteiger charge is -2.17. The van der Waals surface area contributed by atoms with Crippen molar-refractivity contribution in [2.24, 2.45) is 0 Å². The van der Waals surface area contributed by atoms with Gasteiger partial charge < -0.3 is 9.47 Å². The summed E-state index contributed by atoms with van der Waals surface area (Å²) in [6, 6.07) is 15.5. The summed E-state index contributed by atoms with van der Waals surface area (Å²) in [4.78, 5) is 0. The first-order chi connectivity index (χ1) is 9.43. The minimum absolute atomic E-state index is 0.664. The standard InChI is InChI=1S/C8H8O2.C6H4N2S/c1-2-4-8-7(3-1)9-5-6-10-8;1-2-4-6-5(3-1)7-9-8-6/h1-4H,5-6H2;1-4H.